The van der Waals surface area contributed by atoms with E-state index < -0.39 is 0 Å². The van der Waals surface area contributed by atoms with Crippen LogP contribution in [-0.4, -0.2) is 31.3 Å². The highest BCUT2D eigenvalue weighted by Gasteiger charge is 2.23. The second-order valence-corrected chi connectivity index (χ2v) is 5.61. The molecule has 2 rings (SSSR count). The molecule has 1 aromatic rings. The number of rotatable bonds is 5. The van der Waals surface area contributed by atoms with Crippen LogP contribution in [0.15, 0.2) is 18.2 Å². The highest BCUT2D eigenvalue weighted by molar-refractivity contribution is 6.34. The fraction of sp³-hybridized carbons (Fsp3) is 0.500. The van der Waals surface area contributed by atoms with Crippen LogP contribution in [0.2, 0.25) is 10.0 Å². The molecule has 0 bridgehead atoms. The van der Waals surface area contributed by atoms with Gasteiger partial charge in [0.1, 0.15) is 5.75 Å². The largest absolute Gasteiger partial charge is 0.482 e. The van der Waals surface area contributed by atoms with Crippen molar-refractivity contribution in [1.29, 1.82) is 0 Å². The molecule has 4 nitrogen and oxygen atoms in total. The Kier molecular flexibility index (Phi) is 5.52. The van der Waals surface area contributed by atoms with Crippen LogP contribution < -0.4 is 10.1 Å². The van der Waals surface area contributed by atoms with Crippen LogP contribution in [0.25, 0.3) is 0 Å². The number of nitrogens with one attached hydrogen (secondary N) is 1. The van der Waals surface area contributed by atoms with Gasteiger partial charge < -0.3 is 14.8 Å². The highest BCUT2D eigenvalue weighted by Crippen LogP contribution is 2.27. The summed E-state index contributed by atoms with van der Waals surface area (Å²) in [7, 11) is 0. The molecule has 1 aromatic carbocycles. The number of halogens is 2. The van der Waals surface area contributed by atoms with Crippen molar-refractivity contribution in [3.05, 3.63) is 28.2 Å². The summed E-state index contributed by atoms with van der Waals surface area (Å²) in [5.41, 5.74) is 0. The summed E-state index contributed by atoms with van der Waals surface area (Å²) in [6, 6.07) is 4.85. The summed E-state index contributed by atoms with van der Waals surface area (Å²) < 4.78 is 10.9. The first-order valence-corrected chi connectivity index (χ1v) is 7.30. The lowest BCUT2D eigenvalue weighted by Crippen LogP contribution is -2.42. The molecule has 2 unspecified atom stereocenters. The third kappa shape index (κ3) is 4.27. The molecule has 1 saturated heterocycles. The van der Waals surface area contributed by atoms with Gasteiger partial charge in [-0.05, 0) is 31.9 Å². The third-order valence-corrected chi connectivity index (χ3v) is 3.71. The fourth-order valence-electron chi connectivity index (χ4n) is 2.12. The number of benzene rings is 1. The van der Waals surface area contributed by atoms with E-state index >= 15 is 0 Å². The summed E-state index contributed by atoms with van der Waals surface area (Å²) >= 11 is 11.8. The van der Waals surface area contributed by atoms with Crippen molar-refractivity contribution >= 4 is 29.1 Å². The van der Waals surface area contributed by atoms with Crippen molar-refractivity contribution < 1.29 is 14.3 Å². The van der Waals surface area contributed by atoms with Gasteiger partial charge in [0, 0.05) is 17.7 Å². The zero-order chi connectivity index (χ0) is 14.5. The number of hydrogen-bond acceptors (Lipinski definition) is 3. The van der Waals surface area contributed by atoms with Gasteiger partial charge in [-0.3, -0.25) is 4.79 Å². The molecule has 110 valence electrons. The molecule has 0 spiro atoms. The molecular formula is C14H17Cl2NO3. The Balaban J connectivity index is 1.81. The molecule has 6 heteroatoms. The zero-order valence-corrected chi connectivity index (χ0v) is 12.7. The second-order valence-electron chi connectivity index (χ2n) is 4.77. The van der Waals surface area contributed by atoms with Crippen molar-refractivity contribution in [1.82, 2.24) is 5.32 Å². The predicted molar refractivity (Wildman–Crippen MR) is 78.5 cm³/mol. The zero-order valence-electron chi connectivity index (χ0n) is 11.2. The summed E-state index contributed by atoms with van der Waals surface area (Å²) in [6.45, 7) is 2.59. The number of hydrogen-bond donors (Lipinski definition) is 1. The monoisotopic (exact) mass is 317 g/mol. The van der Waals surface area contributed by atoms with E-state index in [2.05, 4.69) is 5.32 Å². The Morgan fingerprint density at radius 3 is 3.05 bits per heavy atom. The molecule has 1 aliphatic rings. The standard InChI is InChI=1S/C14H17Cl2NO3/c1-9(12-3-2-6-19-12)17-14(18)8-20-13-7-10(15)4-5-11(13)16/h4-5,7,9,12H,2-3,6,8H2,1H3,(H,17,18). The van der Waals surface area contributed by atoms with Crippen LogP contribution >= 0.6 is 23.2 Å². The Morgan fingerprint density at radius 2 is 2.35 bits per heavy atom. The predicted octanol–water partition coefficient (Wildman–Crippen LogP) is 3.06. The minimum atomic E-state index is -0.205. The average Bonchev–Trinajstić information content (AvgIpc) is 2.94. The second kappa shape index (κ2) is 7.16. The van der Waals surface area contributed by atoms with E-state index in [4.69, 9.17) is 32.7 Å². The van der Waals surface area contributed by atoms with Crippen LogP contribution in [0.3, 0.4) is 0 Å². The van der Waals surface area contributed by atoms with Gasteiger partial charge in [-0.15, -0.1) is 0 Å². The lowest BCUT2D eigenvalue weighted by Gasteiger charge is -2.20. The molecule has 0 aromatic heterocycles. The molecule has 1 aliphatic heterocycles. The lowest BCUT2D eigenvalue weighted by molar-refractivity contribution is -0.124. The topological polar surface area (TPSA) is 47.6 Å². The first-order valence-electron chi connectivity index (χ1n) is 6.55. The molecule has 1 heterocycles. The summed E-state index contributed by atoms with van der Waals surface area (Å²) in [6.07, 6.45) is 2.11. The van der Waals surface area contributed by atoms with Gasteiger partial charge in [-0.2, -0.15) is 0 Å². The average molecular weight is 318 g/mol. The summed E-state index contributed by atoms with van der Waals surface area (Å²) in [5, 5.41) is 3.80. The quantitative estimate of drug-likeness (QED) is 0.908. The van der Waals surface area contributed by atoms with E-state index in [1.54, 1.807) is 18.2 Å². The third-order valence-electron chi connectivity index (χ3n) is 3.16. The minimum Gasteiger partial charge on any atom is -0.482 e. The van der Waals surface area contributed by atoms with Crippen molar-refractivity contribution in [2.24, 2.45) is 0 Å². The molecule has 0 saturated carbocycles. The fourth-order valence-corrected chi connectivity index (χ4v) is 2.45. The maximum absolute atomic E-state index is 11.8. The van der Waals surface area contributed by atoms with E-state index in [1.807, 2.05) is 6.92 Å². The van der Waals surface area contributed by atoms with Crippen LogP contribution in [-0.2, 0) is 9.53 Å². The Hall–Kier alpha value is -0.970. The molecule has 1 fully saturated rings. The maximum Gasteiger partial charge on any atom is 0.258 e. The van der Waals surface area contributed by atoms with Crippen LogP contribution in [0.4, 0.5) is 0 Å². The number of carbonyl (C=O) groups is 1. The van der Waals surface area contributed by atoms with E-state index in [0.717, 1.165) is 19.4 Å². The summed E-state index contributed by atoms with van der Waals surface area (Å²) in [5.74, 6) is 0.197. The van der Waals surface area contributed by atoms with E-state index in [9.17, 15) is 4.79 Å². The minimum absolute atomic E-state index is 0.0246. The molecule has 0 aliphatic carbocycles. The number of carbonyl (C=O) groups excluding carboxylic acids is 1. The SMILES string of the molecule is CC(NC(=O)COc1cc(Cl)ccc1Cl)C1CCCO1. The van der Waals surface area contributed by atoms with Gasteiger partial charge in [0.25, 0.3) is 5.91 Å². The molecule has 1 N–H and O–H groups in total. The Labute approximate surface area is 128 Å². The number of ether oxygens (including phenoxy) is 2. The highest BCUT2D eigenvalue weighted by atomic mass is 35.5. The van der Waals surface area contributed by atoms with Crippen molar-refractivity contribution in [2.45, 2.75) is 31.9 Å². The van der Waals surface area contributed by atoms with Crippen LogP contribution in [0.5, 0.6) is 5.75 Å². The van der Waals surface area contributed by atoms with Gasteiger partial charge in [0.2, 0.25) is 0 Å². The Bertz CT molecular complexity index is 475. The van der Waals surface area contributed by atoms with Gasteiger partial charge >= 0.3 is 0 Å². The van der Waals surface area contributed by atoms with Crippen molar-refractivity contribution in [3.63, 3.8) is 0 Å². The molecular weight excluding hydrogens is 301 g/mol. The van der Waals surface area contributed by atoms with Gasteiger partial charge in [-0.1, -0.05) is 23.2 Å². The van der Waals surface area contributed by atoms with Gasteiger partial charge in [0.05, 0.1) is 17.2 Å². The van der Waals surface area contributed by atoms with E-state index in [0.29, 0.717) is 15.8 Å². The molecule has 0 radical (unpaired) electrons. The number of amides is 1. The maximum atomic E-state index is 11.8. The first kappa shape index (κ1) is 15.4. The lowest BCUT2D eigenvalue weighted by atomic mass is 10.1. The van der Waals surface area contributed by atoms with Crippen molar-refractivity contribution in [2.75, 3.05) is 13.2 Å². The smallest absolute Gasteiger partial charge is 0.258 e. The van der Waals surface area contributed by atoms with E-state index in [-0.39, 0.29) is 24.7 Å². The normalized spacial score (nSPS) is 19.6. The van der Waals surface area contributed by atoms with E-state index in [1.165, 1.54) is 0 Å². The van der Waals surface area contributed by atoms with Crippen molar-refractivity contribution in [3.8, 4) is 5.75 Å². The molecule has 20 heavy (non-hydrogen) atoms. The first-order chi connectivity index (χ1) is 9.56. The van der Waals surface area contributed by atoms with Crippen LogP contribution in [0, 0.1) is 0 Å². The van der Waals surface area contributed by atoms with Gasteiger partial charge in [-0.25, -0.2) is 0 Å². The molecule has 1 amide bonds. The molecule has 2 atom stereocenters. The summed E-state index contributed by atoms with van der Waals surface area (Å²) in [4.78, 5) is 11.8. The van der Waals surface area contributed by atoms with Crippen LogP contribution in [0.1, 0.15) is 19.8 Å². The Morgan fingerprint density at radius 1 is 1.55 bits per heavy atom. The van der Waals surface area contributed by atoms with Gasteiger partial charge in [0.15, 0.2) is 6.61 Å².